The molecule has 0 aliphatic heterocycles. The van der Waals surface area contributed by atoms with Crippen molar-refractivity contribution >= 4 is 17.5 Å². The summed E-state index contributed by atoms with van der Waals surface area (Å²) in [4.78, 5) is 11.5. The van der Waals surface area contributed by atoms with Crippen molar-refractivity contribution in [3.8, 4) is 5.75 Å². The molecule has 0 atom stereocenters. The van der Waals surface area contributed by atoms with Crippen LogP contribution < -0.4 is 15.8 Å². The number of hydrogen-bond acceptors (Lipinski definition) is 3. The van der Waals surface area contributed by atoms with Gasteiger partial charge in [-0.3, -0.25) is 4.79 Å². The van der Waals surface area contributed by atoms with Crippen LogP contribution in [0.3, 0.4) is 0 Å². The summed E-state index contributed by atoms with van der Waals surface area (Å²) in [5, 5.41) is 3.23. The fourth-order valence-electron chi connectivity index (χ4n) is 1.46. The fraction of sp³-hybridized carbons (Fsp3) is 0.462. The van der Waals surface area contributed by atoms with Gasteiger partial charge in [0.2, 0.25) is 5.91 Å². The van der Waals surface area contributed by atoms with Crippen LogP contribution in [0.2, 0.25) is 5.02 Å². The SMILES string of the molecule is CC(C)Oc1ccc(CC(=O)NCCN)cc1Cl. The van der Waals surface area contributed by atoms with Gasteiger partial charge in [0.25, 0.3) is 0 Å². The van der Waals surface area contributed by atoms with Crippen LogP contribution in [0.4, 0.5) is 0 Å². The highest BCUT2D eigenvalue weighted by molar-refractivity contribution is 6.32. The molecule has 0 aromatic heterocycles. The molecule has 0 saturated heterocycles. The van der Waals surface area contributed by atoms with Gasteiger partial charge >= 0.3 is 0 Å². The molecule has 1 rings (SSSR count). The molecule has 0 heterocycles. The topological polar surface area (TPSA) is 64.3 Å². The third kappa shape index (κ3) is 4.94. The lowest BCUT2D eigenvalue weighted by Gasteiger charge is -2.12. The molecule has 3 N–H and O–H groups in total. The molecule has 18 heavy (non-hydrogen) atoms. The molecule has 0 radical (unpaired) electrons. The van der Waals surface area contributed by atoms with E-state index in [4.69, 9.17) is 22.1 Å². The van der Waals surface area contributed by atoms with E-state index in [-0.39, 0.29) is 12.0 Å². The first kappa shape index (κ1) is 14.8. The second-order valence-corrected chi connectivity index (χ2v) is 4.65. The van der Waals surface area contributed by atoms with E-state index in [0.717, 1.165) is 5.56 Å². The second kappa shape index (κ2) is 7.24. The highest BCUT2D eigenvalue weighted by Crippen LogP contribution is 2.26. The Morgan fingerprint density at radius 3 is 2.78 bits per heavy atom. The van der Waals surface area contributed by atoms with Crippen molar-refractivity contribution in [2.24, 2.45) is 5.73 Å². The molecule has 4 nitrogen and oxygen atoms in total. The number of amides is 1. The molecule has 100 valence electrons. The molecule has 0 aliphatic rings. The number of hydrogen-bond donors (Lipinski definition) is 2. The lowest BCUT2D eigenvalue weighted by atomic mass is 10.1. The van der Waals surface area contributed by atoms with E-state index in [1.807, 2.05) is 19.9 Å². The minimum absolute atomic E-state index is 0.0611. The Labute approximate surface area is 112 Å². The highest BCUT2D eigenvalue weighted by Gasteiger charge is 2.07. The summed E-state index contributed by atoms with van der Waals surface area (Å²) < 4.78 is 5.52. The Hall–Kier alpha value is -1.26. The van der Waals surface area contributed by atoms with Crippen molar-refractivity contribution in [2.75, 3.05) is 13.1 Å². The minimum atomic E-state index is -0.0611. The van der Waals surface area contributed by atoms with E-state index in [0.29, 0.717) is 30.3 Å². The summed E-state index contributed by atoms with van der Waals surface area (Å²) in [6.07, 6.45) is 0.364. The van der Waals surface area contributed by atoms with Crippen LogP contribution in [0, 0.1) is 0 Å². The molecule has 0 fully saturated rings. The number of ether oxygens (including phenoxy) is 1. The standard InChI is InChI=1S/C13H19ClN2O2/c1-9(2)18-12-4-3-10(7-11(12)14)8-13(17)16-6-5-15/h3-4,7,9H,5-6,8,15H2,1-2H3,(H,16,17). The molecule has 0 spiro atoms. The summed E-state index contributed by atoms with van der Waals surface area (Å²) in [6, 6.07) is 5.38. The second-order valence-electron chi connectivity index (χ2n) is 4.25. The molecule has 0 saturated carbocycles. The van der Waals surface area contributed by atoms with Crippen molar-refractivity contribution in [1.82, 2.24) is 5.32 Å². The zero-order valence-electron chi connectivity index (χ0n) is 10.7. The molecule has 1 aromatic carbocycles. The number of halogens is 1. The Morgan fingerprint density at radius 1 is 1.50 bits per heavy atom. The van der Waals surface area contributed by atoms with Crippen molar-refractivity contribution in [2.45, 2.75) is 26.4 Å². The zero-order valence-corrected chi connectivity index (χ0v) is 11.5. The van der Waals surface area contributed by atoms with Crippen molar-refractivity contribution in [3.05, 3.63) is 28.8 Å². The van der Waals surface area contributed by atoms with Gasteiger partial charge in [-0.05, 0) is 31.5 Å². The molecule has 0 unspecified atom stereocenters. The Morgan fingerprint density at radius 2 is 2.22 bits per heavy atom. The smallest absolute Gasteiger partial charge is 0.224 e. The third-order valence-corrected chi connectivity index (χ3v) is 2.49. The van der Waals surface area contributed by atoms with Crippen molar-refractivity contribution in [3.63, 3.8) is 0 Å². The first-order valence-corrected chi connectivity index (χ1v) is 6.32. The largest absolute Gasteiger partial charge is 0.489 e. The predicted octanol–water partition coefficient (Wildman–Crippen LogP) is 1.74. The summed E-state index contributed by atoms with van der Waals surface area (Å²) in [5.41, 5.74) is 6.16. The lowest BCUT2D eigenvalue weighted by Crippen LogP contribution is -2.30. The molecule has 1 aromatic rings. The summed E-state index contributed by atoms with van der Waals surface area (Å²) >= 11 is 6.08. The summed E-state index contributed by atoms with van der Waals surface area (Å²) in [7, 11) is 0. The summed E-state index contributed by atoms with van der Waals surface area (Å²) in [5.74, 6) is 0.576. The lowest BCUT2D eigenvalue weighted by molar-refractivity contribution is -0.120. The highest BCUT2D eigenvalue weighted by atomic mass is 35.5. The van der Waals surface area contributed by atoms with Gasteiger partial charge in [-0.1, -0.05) is 17.7 Å². The van der Waals surface area contributed by atoms with Crippen molar-refractivity contribution in [1.29, 1.82) is 0 Å². The minimum Gasteiger partial charge on any atom is -0.489 e. The van der Waals surface area contributed by atoms with Gasteiger partial charge in [-0.2, -0.15) is 0 Å². The molecule has 5 heteroatoms. The fourth-order valence-corrected chi connectivity index (χ4v) is 1.71. The van der Waals surface area contributed by atoms with E-state index in [1.165, 1.54) is 0 Å². The van der Waals surface area contributed by atoms with Crippen LogP contribution in [0.15, 0.2) is 18.2 Å². The van der Waals surface area contributed by atoms with Crippen molar-refractivity contribution < 1.29 is 9.53 Å². The first-order valence-electron chi connectivity index (χ1n) is 5.94. The zero-order chi connectivity index (χ0) is 13.5. The van der Waals surface area contributed by atoms with E-state index in [2.05, 4.69) is 5.32 Å². The van der Waals surface area contributed by atoms with Crippen LogP contribution >= 0.6 is 11.6 Å². The Balaban J connectivity index is 2.63. The molecule has 1 amide bonds. The molecular weight excluding hydrogens is 252 g/mol. The number of carbonyl (C=O) groups excluding carboxylic acids is 1. The number of nitrogens with two attached hydrogens (primary N) is 1. The monoisotopic (exact) mass is 270 g/mol. The van der Waals surface area contributed by atoms with Gasteiger partial charge in [-0.25, -0.2) is 0 Å². The molecule has 0 aliphatic carbocycles. The maximum Gasteiger partial charge on any atom is 0.224 e. The average molecular weight is 271 g/mol. The maximum absolute atomic E-state index is 11.5. The van der Waals surface area contributed by atoms with Gasteiger partial charge < -0.3 is 15.8 Å². The number of nitrogens with one attached hydrogen (secondary N) is 1. The number of benzene rings is 1. The number of carbonyl (C=O) groups is 1. The van der Waals surface area contributed by atoms with E-state index in [9.17, 15) is 4.79 Å². The quantitative estimate of drug-likeness (QED) is 0.828. The van der Waals surface area contributed by atoms with Crippen LogP contribution in [-0.4, -0.2) is 25.1 Å². The van der Waals surface area contributed by atoms with Crippen LogP contribution in [0.25, 0.3) is 0 Å². The van der Waals surface area contributed by atoms with E-state index >= 15 is 0 Å². The van der Waals surface area contributed by atoms with Gasteiger partial charge in [0.15, 0.2) is 0 Å². The third-order valence-electron chi connectivity index (χ3n) is 2.19. The Kier molecular flexibility index (Phi) is 5.95. The molecule has 0 bridgehead atoms. The Bertz CT molecular complexity index is 408. The van der Waals surface area contributed by atoms with Gasteiger partial charge in [0, 0.05) is 13.1 Å². The van der Waals surface area contributed by atoms with Crippen LogP contribution in [0.5, 0.6) is 5.75 Å². The van der Waals surface area contributed by atoms with Gasteiger partial charge in [0.1, 0.15) is 5.75 Å². The van der Waals surface area contributed by atoms with Gasteiger partial charge in [0.05, 0.1) is 17.5 Å². The summed E-state index contributed by atoms with van der Waals surface area (Å²) in [6.45, 7) is 4.80. The number of rotatable bonds is 6. The average Bonchev–Trinajstić information content (AvgIpc) is 2.29. The van der Waals surface area contributed by atoms with E-state index < -0.39 is 0 Å². The molecular formula is C13H19ClN2O2. The van der Waals surface area contributed by atoms with Gasteiger partial charge in [-0.15, -0.1) is 0 Å². The first-order chi connectivity index (χ1) is 8.52. The maximum atomic E-state index is 11.5. The van der Waals surface area contributed by atoms with Crippen LogP contribution in [0.1, 0.15) is 19.4 Å². The van der Waals surface area contributed by atoms with Crippen LogP contribution in [-0.2, 0) is 11.2 Å². The predicted molar refractivity (Wildman–Crippen MR) is 73.0 cm³/mol. The normalized spacial score (nSPS) is 10.5. The van der Waals surface area contributed by atoms with E-state index in [1.54, 1.807) is 12.1 Å².